The Hall–Kier alpha value is -0.740. The van der Waals surface area contributed by atoms with Gasteiger partial charge < -0.3 is 0 Å². The first-order valence-corrected chi connectivity index (χ1v) is 3.58. The first-order valence-electron chi connectivity index (χ1n) is 3.58. The Balaban J connectivity index is 4.46. The fraction of sp³-hybridized carbons (Fsp3) is 0.500. The van der Waals surface area contributed by atoms with Crippen molar-refractivity contribution in [2.24, 2.45) is 0 Å². The van der Waals surface area contributed by atoms with E-state index in [1.54, 1.807) is 0 Å². The normalized spacial score (nSPS) is 8.10. The molecule has 0 aromatic heterocycles. The van der Waals surface area contributed by atoms with E-state index in [-0.39, 0.29) is 0 Å². The van der Waals surface area contributed by atoms with Crippen LogP contribution in [0.1, 0.15) is 34.6 Å². The van der Waals surface area contributed by atoms with Gasteiger partial charge in [-0.25, -0.2) is 0 Å². The summed E-state index contributed by atoms with van der Waals surface area (Å²) < 4.78 is 0. The van der Waals surface area contributed by atoms with E-state index < -0.39 is 0 Å². The molecule has 0 saturated heterocycles. The predicted molar refractivity (Wildman–Crippen MR) is 47.0 cm³/mol. The molecule has 0 heterocycles. The molecule has 0 N–H and O–H groups in total. The van der Waals surface area contributed by atoms with E-state index in [0.717, 1.165) is 0 Å². The van der Waals surface area contributed by atoms with Gasteiger partial charge in [0.05, 0.1) is 0 Å². The van der Waals surface area contributed by atoms with Gasteiger partial charge in [0.2, 0.25) is 0 Å². The van der Waals surface area contributed by atoms with E-state index in [1.807, 2.05) is 6.08 Å². The van der Waals surface area contributed by atoms with Gasteiger partial charge in [-0.15, -0.1) is 5.73 Å². The average molecular weight is 136 g/mol. The lowest BCUT2D eigenvalue weighted by Crippen LogP contribution is -1.71. The van der Waals surface area contributed by atoms with Crippen LogP contribution in [0.3, 0.4) is 0 Å². The van der Waals surface area contributed by atoms with Crippen LogP contribution in [0.4, 0.5) is 0 Å². The van der Waals surface area contributed by atoms with Crippen LogP contribution < -0.4 is 0 Å². The van der Waals surface area contributed by atoms with Crippen LogP contribution >= 0.6 is 0 Å². The van der Waals surface area contributed by atoms with Gasteiger partial charge in [0.1, 0.15) is 0 Å². The topological polar surface area (TPSA) is 0 Å². The molecule has 0 bridgehead atoms. The fourth-order valence-electron chi connectivity index (χ4n) is 0.397. The first kappa shape index (κ1) is 9.26. The zero-order chi connectivity index (χ0) is 8.15. The lowest BCUT2D eigenvalue weighted by molar-refractivity contribution is 1.29. The molecular formula is C10H16. The molecule has 0 aromatic carbocycles. The molecule has 10 heavy (non-hydrogen) atoms. The molecule has 0 rings (SSSR count). The van der Waals surface area contributed by atoms with Crippen molar-refractivity contribution in [3.05, 3.63) is 28.5 Å². The molecule has 0 spiro atoms. The number of allylic oxidation sites excluding steroid dienone is 3. The van der Waals surface area contributed by atoms with E-state index in [4.69, 9.17) is 0 Å². The molecule has 0 aliphatic heterocycles. The van der Waals surface area contributed by atoms with Gasteiger partial charge in [0.15, 0.2) is 0 Å². The maximum absolute atomic E-state index is 3.16. The summed E-state index contributed by atoms with van der Waals surface area (Å²) in [5.41, 5.74) is 7.05. The lowest BCUT2D eigenvalue weighted by atomic mass is 10.2. The van der Waals surface area contributed by atoms with Crippen molar-refractivity contribution in [1.82, 2.24) is 0 Å². The molecule has 0 heteroatoms. The van der Waals surface area contributed by atoms with Crippen molar-refractivity contribution in [2.45, 2.75) is 34.6 Å². The molecule has 0 amide bonds. The minimum atomic E-state index is 1.22. The molecular weight excluding hydrogens is 120 g/mol. The lowest BCUT2D eigenvalue weighted by Gasteiger charge is -1.91. The van der Waals surface area contributed by atoms with Gasteiger partial charge in [-0.05, 0) is 51.8 Å². The van der Waals surface area contributed by atoms with Crippen molar-refractivity contribution in [3.63, 3.8) is 0 Å². The highest BCUT2D eigenvalue weighted by molar-refractivity contribution is 5.21. The van der Waals surface area contributed by atoms with E-state index in [1.165, 1.54) is 16.7 Å². The molecule has 0 aliphatic rings. The van der Waals surface area contributed by atoms with E-state index in [9.17, 15) is 0 Å². The Bertz CT molecular complexity index is 190. The molecule has 56 valence electrons. The predicted octanol–water partition coefficient (Wildman–Crippen LogP) is 3.46. The summed E-state index contributed by atoms with van der Waals surface area (Å²) in [6.07, 6.45) is 2.03. The zero-order valence-electron chi connectivity index (χ0n) is 7.58. The number of rotatable bonds is 1. The standard InChI is InChI=1S/C10H16/c1-8(2)6-7-10(5)9(3)4/h7H,1-5H3. The molecule has 0 nitrogen and oxygen atoms in total. The molecule has 0 unspecified atom stereocenters. The van der Waals surface area contributed by atoms with Crippen LogP contribution in [0.25, 0.3) is 0 Å². The Labute approximate surface area is 64.0 Å². The summed E-state index contributed by atoms with van der Waals surface area (Å²) in [5.74, 6) is 0. The minimum Gasteiger partial charge on any atom is -0.122 e. The average Bonchev–Trinajstić information content (AvgIpc) is 1.82. The Morgan fingerprint density at radius 2 is 1.50 bits per heavy atom. The third kappa shape index (κ3) is 4.17. The summed E-state index contributed by atoms with van der Waals surface area (Å²) in [5, 5.41) is 0. The third-order valence-corrected chi connectivity index (χ3v) is 1.37. The Morgan fingerprint density at radius 3 is 1.80 bits per heavy atom. The minimum absolute atomic E-state index is 1.22. The first-order chi connectivity index (χ1) is 4.54. The van der Waals surface area contributed by atoms with Crippen LogP contribution in [0.5, 0.6) is 0 Å². The summed E-state index contributed by atoms with van der Waals surface area (Å²) in [6.45, 7) is 10.4. The van der Waals surface area contributed by atoms with Crippen LogP contribution in [-0.4, -0.2) is 0 Å². The highest BCUT2D eigenvalue weighted by Crippen LogP contribution is 2.02. The second-order valence-electron chi connectivity index (χ2n) is 2.97. The van der Waals surface area contributed by atoms with E-state index in [0.29, 0.717) is 0 Å². The molecule has 0 radical (unpaired) electrons. The van der Waals surface area contributed by atoms with Gasteiger partial charge in [0, 0.05) is 0 Å². The highest BCUT2D eigenvalue weighted by atomic mass is 13.9. The summed E-state index contributed by atoms with van der Waals surface area (Å²) >= 11 is 0. The van der Waals surface area contributed by atoms with Gasteiger partial charge in [-0.1, -0.05) is 5.57 Å². The third-order valence-electron chi connectivity index (χ3n) is 1.37. The van der Waals surface area contributed by atoms with Crippen molar-refractivity contribution in [3.8, 4) is 0 Å². The van der Waals surface area contributed by atoms with Crippen LogP contribution in [0.2, 0.25) is 0 Å². The Morgan fingerprint density at radius 1 is 1.00 bits per heavy atom. The van der Waals surface area contributed by atoms with Crippen molar-refractivity contribution >= 4 is 0 Å². The van der Waals surface area contributed by atoms with Crippen molar-refractivity contribution in [2.75, 3.05) is 0 Å². The second-order valence-corrected chi connectivity index (χ2v) is 2.97. The smallest absolute Gasteiger partial charge is 0.0172 e. The summed E-state index contributed by atoms with van der Waals surface area (Å²) in [7, 11) is 0. The number of hydrogen-bond acceptors (Lipinski definition) is 0. The molecule has 0 fully saturated rings. The van der Waals surface area contributed by atoms with Gasteiger partial charge in [-0.3, -0.25) is 0 Å². The molecule has 0 aliphatic carbocycles. The van der Waals surface area contributed by atoms with Gasteiger partial charge in [0.25, 0.3) is 0 Å². The van der Waals surface area contributed by atoms with Gasteiger partial charge >= 0.3 is 0 Å². The van der Waals surface area contributed by atoms with E-state index in [2.05, 4.69) is 40.3 Å². The maximum atomic E-state index is 3.16. The maximum Gasteiger partial charge on any atom is -0.0172 e. The van der Waals surface area contributed by atoms with Crippen molar-refractivity contribution < 1.29 is 0 Å². The van der Waals surface area contributed by atoms with Crippen LogP contribution in [0.15, 0.2) is 28.5 Å². The highest BCUT2D eigenvalue weighted by Gasteiger charge is 1.82. The van der Waals surface area contributed by atoms with Crippen LogP contribution in [0, 0.1) is 0 Å². The largest absolute Gasteiger partial charge is 0.122 e. The second kappa shape index (κ2) is 4.14. The van der Waals surface area contributed by atoms with Crippen LogP contribution in [-0.2, 0) is 0 Å². The molecule has 0 atom stereocenters. The summed E-state index contributed by atoms with van der Waals surface area (Å²) in [6, 6.07) is 0. The molecule has 0 saturated carbocycles. The quantitative estimate of drug-likeness (QED) is 0.382. The Kier molecular flexibility index (Phi) is 3.83. The van der Waals surface area contributed by atoms with Crippen molar-refractivity contribution in [1.29, 1.82) is 0 Å². The fourth-order valence-corrected chi connectivity index (χ4v) is 0.397. The van der Waals surface area contributed by atoms with E-state index >= 15 is 0 Å². The SMILES string of the molecule is CC(C)=C=CC(C)=C(C)C. The zero-order valence-corrected chi connectivity index (χ0v) is 7.58. The monoisotopic (exact) mass is 136 g/mol. The summed E-state index contributed by atoms with van der Waals surface area (Å²) in [4.78, 5) is 0. The van der Waals surface area contributed by atoms with Gasteiger partial charge in [-0.2, -0.15) is 0 Å². The number of hydrogen-bond donors (Lipinski definition) is 0. The molecule has 0 aromatic rings.